The van der Waals surface area contributed by atoms with Crippen molar-refractivity contribution in [2.75, 3.05) is 7.11 Å². The Bertz CT molecular complexity index is 546. The molecule has 2 rings (SSSR count). The molecular formula is C17H18O3. The molecule has 1 atom stereocenters. The maximum absolute atomic E-state index is 11.4. The largest absolute Gasteiger partial charge is 0.497 e. The number of rotatable bonds is 6. The Morgan fingerprint density at radius 1 is 1.10 bits per heavy atom. The van der Waals surface area contributed by atoms with E-state index in [1.165, 1.54) is 0 Å². The van der Waals surface area contributed by atoms with Crippen LogP contribution in [0.1, 0.15) is 23.5 Å². The van der Waals surface area contributed by atoms with Gasteiger partial charge >= 0.3 is 5.97 Å². The Labute approximate surface area is 118 Å². The lowest BCUT2D eigenvalue weighted by Crippen LogP contribution is -2.12. The summed E-state index contributed by atoms with van der Waals surface area (Å²) in [5.41, 5.74) is 1.97. The Kier molecular flexibility index (Phi) is 4.77. The molecule has 0 saturated carbocycles. The maximum atomic E-state index is 11.4. The highest BCUT2D eigenvalue weighted by Crippen LogP contribution is 2.24. The first-order valence-corrected chi connectivity index (χ1v) is 6.61. The molecule has 0 aliphatic heterocycles. The molecular weight excluding hydrogens is 252 g/mol. The van der Waals surface area contributed by atoms with Crippen molar-refractivity contribution >= 4 is 5.97 Å². The van der Waals surface area contributed by atoms with Gasteiger partial charge in [-0.3, -0.25) is 4.79 Å². The molecule has 0 unspecified atom stereocenters. The van der Waals surface area contributed by atoms with E-state index in [1.54, 1.807) is 19.2 Å². The van der Waals surface area contributed by atoms with Crippen molar-refractivity contribution in [1.29, 1.82) is 0 Å². The number of carbonyl (C=O) groups is 1. The second-order valence-electron chi connectivity index (χ2n) is 4.69. The predicted molar refractivity (Wildman–Crippen MR) is 78.1 cm³/mol. The van der Waals surface area contributed by atoms with Crippen molar-refractivity contribution in [3.05, 3.63) is 65.7 Å². The lowest BCUT2D eigenvalue weighted by atomic mass is 9.92. The van der Waals surface area contributed by atoms with Crippen LogP contribution in [0.3, 0.4) is 0 Å². The topological polar surface area (TPSA) is 46.5 Å². The zero-order chi connectivity index (χ0) is 14.4. The number of benzene rings is 2. The van der Waals surface area contributed by atoms with Crippen LogP contribution in [-0.2, 0) is 11.2 Å². The van der Waals surface area contributed by atoms with Gasteiger partial charge in [0.25, 0.3) is 0 Å². The molecule has 0 bridgehead atoms. The highest BCUT2D eigenvalue weighted by Gasteiger charge is 2.19. The molecule has 3 nitrogen and oxygen atoms in total. The fraction of sp³-hybridized carbons (Fsp3) is 0.235. The van der Waals surface area contributed by atoms with E-state index in [9.17, 15) is 9.90 Å². The summed E-state index contributed by atoms with van der Waals surface area (Å²) in [5.74, 6) is -0.534. The van der Waals surface area contributed by atoms with E-state index >= 15 is 0 Å². The van der Waals surface area contributed by atoms with Crippen LogP contribution in [0, 0.1) is 0 Å². The molecule has 1 N–H and O–H groups in total. The van der Waals surface area contributed by atoms with Gasteiger partial charge in [0.1, 0.15) is 5.75 Å². The molecule has 0 saturated heterocycles. The number of methoxy groups -OCH3 is 1. The average molecular weight is 270 g/mol. The van der Waals surface area contributed by atoms with E-state index < -0.39 is 11.9 Å². The van der Waals surface area contributed by atoms with E-state index in [4.69, 9.17) is 4.74 Å². The number of carboxylic acid groups (broad SMARTS) is 1. The Morgan fingerprint density at radius 2 is 1.75 bits per heavy atom. The van der Waals surface area contributed by atoms with Crippen LogP contribution in [-0.4, -0.2) is 18.2 Å². The van der Waals surface area contributed by atoms with Gasteiger partial charge in [-0.2, -0.15) is 0 Å². The van der Waals surface area contributed by atoms with Gasteiger partial charge in [0, 0.05) is 0 Å². The molecule has 0 radical (unpaired) electrons. The maximum Gasteiger partial charge on any atom is 0.310 e. The van der Waals surface area contributed by atoms with Gasteiger partial charge < -0.3 is 9.84 Å². The van der Waals surface area contributed by atoms with Gasteiger partial charge in [-0.15, -0.1) is 0 Å². The Balaban J connectivity index is 2.08. The van der Waals surface area contributed by atoms with Crippen LogP contribution in [0.2, 0.25) is 0 Å². The summed E-state index contributed by atoms with van der Waals surface area (Å²) in [7, 11) is 1.60. The molecule has 0 aromatic heterocycles. The monoisotopic (exact) mass is 270 g/mol. The van der Waals surface area contributed by atoms with E-state index in [2.05, 4.69) is 0 Å². The summed E-state index contributed by atoms with van der Waals surface area (Å²) in [4.78, 5) is 11.4. The zero-order valence-electron chi connectivity index (χ0n) is 11.5. The van der Waals surface area contributed by atoms with Gasteiger partial charge in [-0.25, -0.2) is 0 Å². The molecule has 3 heteroatoms. The molecule has 20 heavy (non-hydrogen) atoms. The van der Waals surface area contributed by atoms with Crippen molar-refractivity contribution in [3.63, 3.8) is 0 Å². The second-order valence-corrected chi connectivity index (χ2v) is 4.69. The first-order chi connectivity index (χ1) is 9.70. The lowest BCUT2D eigenvalue weighted by molar-refractivity contribution is -0.138. The number of aliphatic carboxylic acids is 1. The van der Waals surface area contributed by atoms with E-state index in [0.29, 0.717) is 6.42 Å². The molecule has 2 aromatic rings. The summed E-state index contributed by atoms with van der Waals surface area (Å²) >= 11 is 0. The highest BCUT2D eigenvalue weighted by atomic mass is 16.5. The third-order valence-corrected chi connectivity index (χ3v) is 3.38. The molecule has 0 spiro atoms. The SMILES string of the molecule is COc1ccc([C@@H](CCc2ccccc2)C(=O)O)cc1. The fourth-order valence-corrected chi connectivity index (χ4v) is 2.22. The zero-order valence-corrected chi connectivity index (χ0v) is 11.5. The third kappa shape index (κ3) is 3.60. The van der Waals surface area contributed by atoms with Gasteiger partial charge in [0.2, 0.25) is 0 Å². The van der Waals surface area contributed by atoms with Crippen LogP contribution in [0.4, 0.5) is 0 Å². The number of ether oxygens (including phenoxy) is 1. The minimum absolute atomic E-state index is 0.485. The van der Waals surface area contributed by atoms with Crippen LogP contribution < -0.4 is 4.74 Å². The summed E-state index contributed by atoms with van der Waals surface area (Å²) < 4.78 is 5.09. The summed E-state index contributed by atoms with van der Waals surface area (Å²) in [6, 6.07) is 17.2. The minimum atomic E-state index is -0.786. The number of hydrogen-bond donors (Lipinski definition) is 1. The standard InChI is InChI=1S/C17H18O3/c1-20-15-10-8-14(9-11-15)16(17(18)19)12-7-13-5-3-2-4-6-13/h2-6,8-11,16H,7,12H2,1H3,(H,18,19)/t16-/m1/s1. The molecule has 2 aromatic carbocycles. The van der Waals surface area contributed by atoms with Gasteiger partial charge in [-0.1, -0.05) is 42.5 Å². The van der Waals surface area contributed by atoms with Crippen molar-refractivity contribution in [2.24, 2.45) is 0 Å². The molecule has 0 aliphatic carbocycles. The third-order valence-electron chi connectivity index (χ3n) is 3.38. The normalized spacial score (nSPS) is 11.8. The summed E-state index contributed by atoms with van der Waals surface area (Å²) in [6.45, 7) is 0. The van der Waals surface area contributed by atoms with Crippen LogP contribution in [0.25, 0.3) is 0 Å². The first-order valence-electron chi connectivity index (χ1n) is 6.61. The predicted octanol–water partition coefficient (Wildman–Crippen LogP) is 3.50. The summed E-state index contributed by atoms with van der Waals surface area (Å²) in [5, 5.41) is 9.40. The lowest BCUT2D eigenvalue weighted by Gasteiger charge is -2.13. The smallest absolute Gasteiger partial charge is 0.310 e. The Morgan fingerprint density at radius 3 is 2.30 bits per heavy atom. The fourth-order valence-electron chi connectivity index (χ4n) is 2.22. The van der Waals surface area contributed by atoms with Gasteiger partial charge in [-0.05, 0) is 36.1 Å². The highest BCUT2D eigenvalue weighted by molar-refractivity contribution is 5.76. The van der Waals surface area contributed by atoms with Gasteiger partial charge in [0.15, 0.2) is 0 Å². The molecule has 0 heterocycles. The summed E-state index contributed by atoms with van der Waals surface area (Å²) in [6.07, 6.45) is 1.34. The van der Waals surface area contributed by atoms with Gasteiger partial charge in [0.05, 0.1) is 13.0 Å². The Hall–Kier alpha value is -2.29. The van der Waals surface area contributed by atoms with Crippen molar-refractivity contribution in [2.45, 2.75) is 18.8 Å². The molecule has 0 amide bonds. The van der Waals surface area contributed by atoms with Crippen molar-refractivity contribution in [3.8, 4) is 5.75 Å². The van der Waals surface area contributed by atoms with Crippen molar-refractivity contribution < 1.29 is 14.6 Å². The van der Waals surface area contributed by atoms with Crippen LogP contribution in [0.15, 0.2) is 54.6 Å². The molecule has 0 fully saturated rings. The van der Waals surface area contributed by atoms with E-state index in [0.717, 1.165) is 23.3 Å². The average Bonchev–Trinajstić information content (AvgIpc) is 2.49. The number of carboxylic acids is 1. The quantitative estimate of drug-likeness (QED) is 0.874. The molecule has 104 valence electrons. The molecule has 0 aliphatic rings. The van der Waals surface area contributed by atoms with E-state index in [-0.39, 0.29) is 0 Å². The number of hydrogen-bond acceptors (Lipinski definition) is 2. The van der Waals surface area contributed by atoms with Crippen molar-refractivity contribution in [1.82, 2.24) is 0 Å². The van der Waals surface area contributed by atoms with E-state index in [1.807, 2.05) is 42.5 Å². The van der Waals surface area contributed by atoms with Crippen LogP contribution in [0.5, 0.6) is 5.75 Å². The van der Waals surface area contributed by atoms with Crippen LogP contribution >= 0.6 is 0 Å². The number of aryl methyl sites for hydroxylation is 1. The minimum Gasteiger partial charge on any atom is -0.497 e. The second kappa shape index (κ2) is 6.75. The first kappa shape index (κ1) is 14.1.